The summed E-state index contributed by atoms with van der Waals surface area (Å²) in [4.78, 5) is 37.3. The molecule has 0 unspecified atom stereocenters. The summed E-state index contributed by atoms with van der Waals surface area (Å²) < 4.78 is 47.7. The number of aromatic nitrogens is 3. The van der Waals surface area contributed by atoms with Crippen molar-refractivity contribution in [2.75, 3.05) is 29.1 Å². The van der Waals surface area contributed by atoms with Gasteiger partial charge in [0.15, 0.2) is 5.82 Å². The van der Waals surface area contributed by atoms with E-state index in [9.17, 15) is 18.0 Å². The van der Waals surface area contributed by atoms with Gasteiger partial charge in [0, 0.05) is 41.5 Å². The number of halogens is 3. The molecule has 0 fully saturated rings. The Bertz CT molecular complexity index is 1640. The van der Waals surface area contributed by atoms with Gasteiger partial charge in [-0.3, -0.25) is 14.3 Å². The summed E-state index contributed by atoms with van der Waals surface area (Å²) in [5, 5.41) is -0.632. The molecule has 0 spiro atoms. The number of carbonyl (C=O) groups is 1. The normalized spacial score (nSPS) is 14.2. The second-order valence-electron chi connectivity index (χ2n) is 9.63. The molecule has 37 heavy (non-hydrogen) atoms. The van der Waals surface area contributed by atoms with Gasteiger partial charge in [-0.2, -0.15) is 4.98 Å². The van der Waals surface area contributed by atoms with Crippen LogP contribution < -0.4 is 15.4 Å². The van der Waals surface area contributed by atoms with Gasteiger partial charge in [0.25, 0.3) is 5.56 Å². The Hall–Kier alpha value is -2.58. The molecule has 0 bridgehead atoms. The highest BCUT2D eigenvalue weighted by Crippen LogP contribution is 2.47. The molecule has 3 heterocycles. The van der Waals surface area contributed by atoms with Crippen molar-refractivity contribution in [1.29, 1.82) is 0 Å². The Labute approximate surface area is 229 Å². The van der Waals surface area contributed by atoms with Crippen molar-refractivity contribution in [2.45, 2.75) is 38.5 Å². The number of carbonyl (C=O) groups excluding carboxylic acids is 1. The number of pyridine rings is 1. The average Bonchev–Trinajstić information content (AvgIpc) is 2.78. The van der Waals surface area contributed by atoms with Gasteiger partial charge in [0.05, 0.1) is 16.8 Å². The summed E-state index contributed by atoms with van der Waals surface area (Å²) in [5.74, 6) is -0.901. The standard InChI is InChI=1S/C23H24Br2FN5O5S/c1-11-13(24)9-14(25)17-16(11)31(22(33)36-23(2,3)4)8-7-30(17)18-15(26)12-10-27-21(37(6,34)35)28-19(12)29(5)20(18)32/h9-10H,7-8H2,1-6H3. The van der Waals surface area contributed by atoms with Gasteiger partial charge >= 0.3 is 6.09 Å². The van der Waals surface area contributed by atoms with Gasteiger partial charge < -0.3 is 9.64 Å². The molecular formula is C23H24Br2FN5O5S. The number of hydrogen-bond acceptors (Lipinski definition) is 8. The molecule has 0 atom stereocenters. The summed E-state index contributed by atoms with van der Waals surface area (Å²) >= 11 is 7.02. The van der Waals surface area contributed by atoms with Gasteiger partial charge in [-0.25, -0.2) is 22.6 Å². The van der Waals surface area contributed by atoms with Crippen LogP contribution in [0.1, 0.15) is 26.3 Å². The smallest absolute Gasteiger partial charge is 0.414 e. The van der Waals surface area contributed by atoms with Crippen molar-refractivity contribution >= 4 is 75.9 Å². The molecule has 10 nitrogen and oxygen atoms in total. The van der Waals surface area contributed by atoms with Crippen molar-refractivity contribution in [1.82, 2.24) is 14.5 Å². The summed E-state index contributed by atoms with van der Waals surface area (Å²) in [7, 11) is -2.40. The number of anilines is 3. The molecule has 0 aliphatic carbocycles. The van der Waals surface area contributed by atoms with Crippen LogP contribution in [0, 0.1) is 12.7 Å². The molecule has 198 valence electrons. The fraction of sp³-hybridized carbons (Fsp3) is 0.391. The zero-order valence-electron chi connectivity index (χ0n) is 20.9. The highest BCUT2D eigenvalue weighted by molar-refractivity contribution is 9.11. The first kappa shape index (κ1) is 27.5. The maximum absolute atomic E-state index is 16.0. The number of fused-ring (bicyclic) bond motifs is 2. The van der Waals surface area contributed by atoms with E-state index in [4.69, 9.17) is 4.74 Å². The quantitative estimate of drug-likeness (QED) is 0.367. The Morgan fingerprint density at radius 2 is 1.78 bits per heavy atom. The van der Waals surface area contributed by atoms with Gasteiger partial charge in [0.1, 0.15) is 16.9 Å². The summed E-state index contributed by atoms with van der Waals surface area (Å²) in [6.45, 7) is 7.26. The molecule has 2 aromatic heterocycles. The summed E-state index contributed by atoms with van der Waals surface area (Å²) in [5.41, 5.74) is -0.357. The molecular weight excluding hydrogens is 637 g/mol. The topological polar surface area (TPSA) is 115 Å². The minimum atomic E-state index is -3.78. The van der Waals surface area contributed by atoms with Crippen molar-refractivity contribution < 1.29 is 22.3 Å². The van der Waals surface area contributed by atoms with Crippen molar-refractivity contribution in [3.63, 3.8) is 0 Å². The number of ether oxygens (including phenoxy) is 1. The first-order chi connectivity index (χ1) is 17.0. The average molecular weight is 661 g/mol. The number of hydrogen-bond donors (Lipinski definition) is 0. The lowest BCUT2D eigenvalue weighted by Crippen LogP contribution is -2.46. The minimum Gasteiger partial charge on any atom is -0.443 e. The molecule has 1 aromatic carbocycles. The van der Waals surface area contributed by atoms with Crippen LogP contribution >= 0.6 is 31.9 Å². The number of nitrogens with zero attached hydrogens (tertiary/aromatic N) is 5. The SMILES string of the molecule is Cc1c(Br)cc(Br)c2c1N(C(=O)OC(C)(C)C)CCN2c1c(F)c2cnc(S(C)(=O)=O)nc2n(C)c1=O. The highest BCUT2D eigenvalue weighted by Gasteiger charge is 2.37. The zero-order valence-corrected chi connectivity index (χ0v) is 24.9. The molecule has 0 saturated heterocycles. The number of aryl methyl sites for hydroxylation is 1. The third-order valence-electron chi connectivity index (χ3n) is 5.74. The molecule has 3 aromatic rings. The molecule has 0 radical (unpaired) electrons. The number of amides is 1. The summed E-state index contributed by atoms with van der Waals surface area (Å²) in [6, 6.07) is 1.75. The van der Waals surface area contributed by atoms with Gasteiger partial charge in [-0.15, -0.1) is 0 Å². The van der Waals surface area contributed by atoms with E-state index in [1.165, 1.54) is 16.8 Å². The molecule has 14 heteroatoms. The fourth-order valence-electron chi connectivity index (χ4n) is 4.08. The van der Waals surface area contributed by atoms with E-state index < -0.39 is 38.1 Å². The Balaban J connectivity index is 1.98. The first-order valence-corrected chi connectivity index (χ1v) is 14.5. The van der Waals surface area contributed by atoms with Crippen LogP contribution in [0.3, 0.4) is 0 Å². The Morgan fingerprint density at radius 3 is 2.38 bits per heavy atom. The lowest BCUT2D eigenvalue weighted by atomic mass is 10.1. The van der Waals surface area contributed by atoms with Crippen molar-refractivity contribution in [3.05, 3.63) is 42.9 Å². The molecule has 1 aliphatic heterocycles. The largest absolute Gasteiger partial charge is 0.443 e. The molecule has 0 N–H and O–H groups in total. The number of sulfone groups is 1. The fourth-order valence-corrected chi connectivity index (χ4v) is 5.93. The molecule has 0 saturated carbocycles. The van der Waals surface area contributed by atoms with E-state index in [2.05, 4.69) is 41.8 Å². The van der Waals surface area contributed by atoms with Crippen LogP contribution in [0.15, 0.2) is 31.2 Å². The maximum atomic E-state index is 16.0. The van der Waals surface area contributed by atoms with Crippen LogP contribution in [-0.4, -0.2) is 54.0 Å². The molecule has 1 aliphatic rings. The third-order valence-corrected chi connectivity index (χ3v) is 8.02. The van der Waals surface area contributed by atoms with Gasteiger partial charge in [0.2, 0.25) is 15.0 Å². The predicted octanol–water partition coefficient (Wildman–Crippen LogP) is 4.60. The molecule has 4 rings (SSSR count). The second kappa shape index (κ2) is 9.31. The van der Waals surface area contributed by atoms with Crippen LogP contribution in [0.2, 0.25) is 0 Å². The first-order valence-electron chi connectivity index (χ1n) is 11.0. The van der Waals surface area contributed by atoms with Crippen molar-refractivity contribution in [3.8, 4) is 0 Å². The third kappa shape index (κ3) is 4.86. The minimum absolute atomic E-state index is 0.0753. The number of benzene rings is 1. The van der Waals surface area contributed by atoms with Crippen LogP contribution in [-0.2, 0) is 21.6 Å². The zero-order chi connectivity index (χ0) is 27.6. The van der Waals surface area contributed by atoms with E-state index >= 15 is 4.39 Å². The van der Waals surface area contributed by atoms with E-state index in [0.29, 0.717) is 25.9 Å². The number of rotatable bonds is 2. The second-order valence-corrected chi connectivity index (χ2v) is 13.3. The van der Waals surface area contributed by atoms with Crippen LogP contribution in [0.25, 0.3) is 11.0 Å². The van der Waals surface area contributed by atoms with E-state index in [0.717, 1.165) is 17.0 Å². The summed E-state index contributed by atoms with van der Waals surface area (Å²) in [6.07, 6.45) is 1.40. The highest BCUT2D eigenvalue weighted by atomic mass is 79.9. The van der Waals surface area contributed by atoms with Gasteiger partial charge in [-0.1, -0.05) is 15.9 Å². The van der Waals surface area contributed by atoms with Crippen molar-refractivity contribution in [2.24, 2.45) is 7.05 Å². The Kier molecular flexibility index (Phi) is 6.91. The van der Waals surface area contributed by atoms with Crippen LogP contribution in [0.5, 0.6) is 0 Å². The Morgan fingerprint density at radius 1 is 1.14 bits per heavy atom. The lowest BCUT2D eigenvalue weighted by Gasteiger charge is -2.39. The maximum Gasteiger partial charge on any atom is 0.414 e. The van der Waals surface area contributed by atoms with Gasteiger partial charge in [-0.05, 0) is 55.3 Å². The van der Waals surface area contributed by atoms with E-state index in [1.54, 1.807) is 33.8 Å². The van der Waals surface area contributed by atoms with E-state index in [1.807, 2.05) is 0 Å². The lowest BCUT2D eigenvalue weighted by molar-refractivity contribution is 0.0580. The predicted molar refractivity (Wildman–Crippen MR) is 145 cm³/mol. The van der Waals surface area contributed by atoms with E-state index in [-0.39, 0.29) is 29.8 Å². The van der Waals surface area contributed by atoms with Crippen LogP contribution in [0.4, 0.5) is 26.2 Å². The molecule has 1 amide bonds. The monoisotopic (exact) mass is 659 g/mol.